The monoisotopic (exact) mass is 401 g/mol. The van der Waals surface area contributed by atoms with Crippen LogP contribution >= 0.6 is 11.8 Å². The number of carbonyl (C=O) groups is 1. The number of hydrogen-bond donors (Lipinski definition) is 2. The van der Waals surface area contributed by atoms with E-state index in [2.05, 4.69) is 15.5 Å². The van der Waals surface area contributed by atoms with Gasteiger partial charge in [-0.05, 0) is 38.1 Å². The fourth-order valence-electron chi connectivity index (χ4n) is 2.48. The lowest BCUT2D eigenvalue weighted by Crippen LogP contribution is -2.24. The Morgan fingerprint density at radius 1 is 1.29 bits per heavy atom. The Balaban J connectivity index is 1.71. The number of amides is 1. The molecule has 0 fully saturated rings. The van der Waals surface area contributed by atoms with Gasteiger partial charge in [0, 0.05) is 5.56 Å². The van der Waals surface area contributed by atoms with Crippen LogP contribution in [-0.2, 0) is 4.79 Å². The standard InChI is InChI=1S/C19H20FN5O2S/c1-3-27-16-10-5-4-9-15(16)22-18(26)12(2)28-19-24-23-17(25(19)21)13-7-6-8-14(20)11-13/h4-12H,3,21H2,1-2H3,(H,22,26)/t12-/m0/s1. The van der Waals surface area contributed by atoms with E-state index < -0.39 is 11.1 Å². The molecule has 0 bridgehead atoms. The van der Waals surface area contributed by atoms with E-state index in [1.54, 1.807) is 31.2 Å². The molecule has 0 aliphatic heterocycles. The first kappa shape index (κ1) is 19.7. The van der Waals surface area contributed by atoms with Crippen LogP contribution in [0.2, 0.25) is 0 Å². The van der Waals surface area contributed by atoms with Crippen molar-refractivity contribution in [2.45, 2.75) is 24.3 Å². The van der Waals surface area contributed by atoms with Crippen LogP contribution in [0, 0.1) is 5.82 Å². The Bertz CT molecular complexity index is 978. The number of aromatic nitrogens is 3. The number of nitrogens with zero attached hydrogens (tertiary/aromatic N) is 3. The first-order chi connectivity index (χ1) is 13.5. The third kappa shape index (κ3) is 4.42. The van der Waals surface area contributed by atoms with Crippen molar-refractivity contribution in [2.24, 2.45) is 0 Å². The van der Waals surface area contributed by atoms with Gasteiger partial charge in [0.05, 0.1) is 17.5 Å². The Kier molecular flexibility index (Phi) is 6.15. The molecule has 0 radical (unpaired) electrons. The van der Waals surface area contributed by atoms with Crippen molar-refractivity contribution >= 4 is 23.4 Å². The molecule has 1 aromatic heterocycles. The first-order valence-electron chi connectivity index (χ1n) is 8.65. The van der Waals surface area contributed by atoms with Gasteiger partial charge in [0.2, 0.25) is 11.1 Å². The molecule has 0 aliphatic carbocycles. The van der Waals surface area contributed by atoms with Crippen molar-refractivity contribution in [1.82, 2.24) is 14.9 Å². The molecule has 1 amide bonds. The van der Waals surface area contributed by atoms with E-state index in [9.17, 15) is 9.18 Å². The van der Waals surface area contributed by atoms with Gasteiger partial charge in [0.15, 0.2) is 5.82 Å². The SMILES string of the molecule is CCOc1ccccc1NC(=O)[C@H](C)Sc1nnc(-c2cccc(F)c2)n1N. The maximum atomic E-state index is 13.4. The van der Waals surface area contributed by atoms with Gasteiger partial charge in [-0.25, -0.2) is 9.07 Å². The van der Waals surface area contributed by atoms with Crippen LogP contribution in [0.5, 0.6) is 5.75 Å². The molecule has 0 unspecified atom stereocenters. The average Bonchev–Trinajstić information content (AvgIpc) is 3.04. The Morgan fingerprint density at radius 2 is 2.07 bits per heavy atom. The summed E-state index contributed by atoms with van der Waals surface area (Å²) in [5.41, 5.74) is 1.10. The third-order valence-corrected chi connectivity index (χ3v) is 4.90. The zero-order valence-corrected chi connectivity index (χ0v) is 16.2. The molecule has 0 saturated carbocycles. The summed E-state index contributed by atoms with van der Waals surface area (Å²) >= 11 is 1.15. The number of ether oxygens (including phenoxy) is 1. The van der Waals surface area contributed by atoms with E-state index in [4.69, 9.17) is 10.6 Å². The molecule has 1 atom stereocenters. The number of nitrogen functional groups attached to an aromatic ring is 1. The van der Waals surface area contributed by atoms with E-state index in [-0.39, 0.29) is 5.91 Å². The van der Waals surface area contributed by atoms with Gasteiger partial charge in [-0.3, -0.25) is 4.79 Å². The van der Waals surface area contributed by atoms with Gasteiger partial charge in [0.25, 0.3) is 0 Å². The number of thioether (sulfide) groups is 1. The highest BCUT2D eigenvalue weighted by atomic mass is 32.2. The van der Waals surface area contributed by atoms with Crippen molar-refractivity contribution in [3.05, 3.63) is 54.3 Å². The summed E-state index contributed by atoms with van der Waals surface area (Å²) in [5.74, 6) is 6.34. The summed E-state index contributed by atoms with van der Waals surface area (Å²) < 4.78 is 20.2. The van der Waals surface area contributed by atoms with Crippen LogP contribution < -0.4 is 15.9 Å². The molecular formula is C19H20FN5O2S. The number of nitrogens with one attached hydrogen (secondary N) is 1. The number of rotatable bonds is 7. The van der Waals surface area contributed by atoms with Crippen LogP contribution in [0.25, 0.3) is 11.4 Å². The van der Waals surface area contributed by atoms with E-state index >= 15 is 0 Å². The Hall–Kier alpha value is -3.07. The van der Waals surface area contributed by atoms with E-state index in [0.29, 0.717) is 34.6 Å². The molecule has 9 heteroatoms. The highest BCUT2D eigenvalue weighted by Crippen LogP contribution is 2.28. The van der Waals surface area contributed by atoms with Crippen LogP contribution in [-0.4, -0.2) is 32.6 Å². The normalized spacial score (nSPS) is 11.8. The van der Waals surface area contributed by atoms with Crippen LogP contribution in [0.1, 0.15) is 13.8 Å². The maximum absolute atomic E-state index is 13.4. The molecule has 0 aliphatic rings. The third-order valence-electron chi connectivity index (χ3n) is 3.84. The van der Waals surface area contributed by atoms with E-state index in [1.165, 1.54) is 16.8 Å². The van der Waals surface area contributed by atoms with Crippen molar-refractivity contribution in [3.8, 4) is 17.1 Å². The second-order valence-electron chi connectivity index (χ2n) is 5.87. The second-order valence-corrected chi connectivity index (χ2v) is 7.17. The number of hydrogen-bond acceptors (Lipinski definition) is 6. The van der Waals surface area contributed by atoms with Crippen molar-refractivity contribution in [2.75, 3.05) is 17.8 Å². The molecule has 146 valence electrons. The maximum Gasteiger partial charge on any atom is 0.237 e. The summed E-state index contributed by atoms with van der Waals surface area (Å²) in [7, 11) is 0. The highest BCUT2D eigenvalue weighted by molar-refractivity contribution is 8.00. The summed E-state index contributed by atoms with van der Waals surface area (Å²) in [4.78, 5) is 12.6. The topological polar surface area (TPSA) is 95.1 Å². The molecular weight excluding hydrogens is 381 g/mol. The van der Waals surface area contributed by atoms with Crippen molar-refractivity contribution in [3.63, 3.8) is 0 Å². The van der Waals surface area contributed by atoms with E-state index in [0.717, 1.165) is 11.8 Å². The molecule has 3 rings (SSSR count). The molecule has 0 saturated heterocycles. The molecule has 3 aromatic rings. The fourth-order valence-corrected chi connectivity index (χ4v) is 3.25. The number of para-hydroxylation sites is 2. The number of benzene rings is 2. The number of nitrogens with two attached hydrogens (primary N) is 1. The van der Waals surface area contributed by atoms with Gasteiger partial charge in [-0.2, -0.15) is 0 Å². The Labute approximate surface area is 166 Å². The number of carbonyl (C=O) groups excluding carboxylic acids is 1. The molecule has 0 spiro atoms. The lowest BCUT2D eigenvalue weighted by molar-refractivity contribution is -0.115. The lowest BCUT2D eigenvalue weighted by Gasteiger charge is -2.14. The molecule has 2 aromatic carbocycles. The second kappa shape index (κ2) is 8.75. The molecule has 1 heterocycles. The van der Waals surface area contributed by atoms with Crippen molar-refractivity contribution < 1.29 is 13.9 Å². The summed E-state index contributed by atoms with van der Waals surface area (Å²) in [6, 6.07) is 13.1. The summed E-state index contributed by atoms with van der Waals surface area (Å²) in [6.45, 7) is 4.11. The van der Waals surface area contributed by atoms with Gasteiger partial charge >= 0.3 is 0 Å². The fraction of sp³-hybridized carbons (Fsp3) is 0.211. The minimum Gasteiger partial charge on any atom is -0.492 e. The summed E-state index contributed by atoms with van der Waals surface area (Å²) in [5, 5.41) is 10.7. The smallest absolute Gasteiger partial charge is 0.237 e. The van der Waals surface area contributed by atoms with Gasteiger partial charge < -0.3 is 15.9 Å². The van der Waals surface area contributed by atoms with Gasteiger partial charge in [-0.15, -0.1) is 10.2 Å². The predicted octanol–water partition coefficient (Wildman–Crippen LogP) is 3.32. The number of anilines is 1. The summed E-state index contributed by atoms with van der Waals surface area (Å²) in [6.07, 6.45) is 0. The molecule has 7 nitrogen and oxygen atoms in total. The zero-order chi connectivity index (χ0) is 20.1. The van der Waals surface area contributed by atoms with Gasteiger partial charge in [0.1, 0.15) is 11.6 Å². The zero-order valence-electron chi connectivity index (χ0n) is 15.4. The van der Waals surface area contributed by atoms with Crippen LogP contribution in [0.3, 0.4) is 0 Å². The average molecular weight is 401 g/mol. The largest absolute Gasteiger partial charge is 0.492 e. The quantitative estimate of drug-likeness (QED) is 0.466. The minimum absolute atomic E-state index is 0.229. The van der Waals surface area contributed by atoms with Crippen molar-refractivity contribution in [1.29, 1.82) is 0 Å². The Morgan fingerprint density at radius 3 is 2.82 bits per heavy atom. The number of halogens is 1. The predicted molar refractivity (Wildman–Crippen MR) is 107 cm³/mol. The molecule has 28 heavy (non-hydrogen) atoms. The van der Waals surface area contributed by atoms with Gasteiger partial charge in [-0.1, -0.05) is 36.0 Å². The van der Waals surface area contributed by atoms with E-state index in [1.807, 2.05) is 19.1 Å². The minimum atomic E-state index is -0.499. The van der Waals surface area contributed by atoms with Crippen LogP contribution in [0.4, 0.5) is 10.1 Å². The van der Waals surface area contributed by atoms with Crippen LogP contribution in [0.15, 0.2) is 53.7 Å². The molecule has 3 N–H and O–H groups in total. The highest BCUT2D eigenvalue weighted by Gasteiger charge is 2.21. The lowest BCUT2D eigenvalue weighted by atomic mass is 10.2. The first-order valence-corrected chi connectivity index (χ1v) is 9.53.